The molecule has 2 N–H and O–H groups in total. The molecular weight excluding hydrogens is 266 g/mol. The van der Waals surface area contributed by atoms with Gasteiger partial charge in [0.2, 0.25) is 0 Å². The van der Waals surface area contributed by atoms with Crippen LogP contribution in [0.4, 0.5) is 5.69 Å². The molecule has 0 aliphatic carbocycles. The van der Waals surface area contributed by atoms with Gasteiger partial charge in [-0.25, -0.2) is 0 Å². The van der Waals surface area contributed by atoms with E-state index < -0.39 is 6.10 Å². The van der Waals surface area contributed by atoms with Gasteiger partial charge in [0.1, 0.15) is 5.75 Å². The minimum atomic E-state index is -0.561. The largest absolute Gasteiger partial charge is 0.484 e. The van der Waals surface area contributed by atoms with Crippen LogP contribution in [0.15, 0.2) is 48.5 Å². The zero-order valence-corrected chi connectivity index (χ0v) is 12.2. The molecule has 1 unspecified atom stereocenters. The number of para-hydroxylation sites is 1. The van der Waals surface area contributed by atoms with Crippen molar-refractivity contribution in [1.82, 2.24) is 0 Å². The van der Waals surface area contributed by atoms with Gasteiger partial charge in [0.05, 0.1) is 6.10 Å². The number of benzene rings is 2. The molecule has 0 aliphatic rings. The van der Waals surface area contributed by atoms with Crippen molar-refractivity contribution in [3.8, 4) is 5.75 Å². The number of aliphatic hydroxyl groups is 1. The Labute approximate surface area is 124 Å². The molecule has 1 amide bonds. The van der Waals surface area contributed by atoms with Crippen molar-refractivity contribution < 1.29 is 14.6 Å². The summed E-state index contributed by atoms with van der Waals surface area (Å²) in [5, 5.41) is 12.3. The topological polar surface area (TPSA) is 58.6 Å². The first-order valence-corrected chi connectivity index (χ1v) is 6.82. The molecule has 110 valence electrons. The first-order valence-electron chi connectivity index (χ1n) is 6.82. The Bertz CT molecular complexity index is 623. The minimum absolute atomic E-state index is 0.0718. The lowest BCUT2D eigenvalue weighted by molar-refractivity contribution is -0.118. The maximum atomic E-state index is 11.9. The second kappa shape index (κ2) is 6.90. The number of anilines is 1. The van der Waals surface area contributed by atoms with Gasteiger partial charge in [-0.2, -0.15) is 0 Å². The fourth-order valence-corrected chi connectivity index (χ4v) is 1.91. The van der Waals surface area contributed by atoms with Gasteiger partial charge in [-0.1, -0.05) is 30.3 Å². The molecular formula is C17H19NO3. The lowest BCUT2D eigenvalue weighted by Crippen LogP contribution is -2.20. The van der Waals surface area contributed by atoms with E-state index in [9.17, 15) is 9.90 Å². The summed E-state index contributed by atoms with van der Waals surface area (Å²) < 4.78 is 5.45. The van der Waals surface area contributed by atoms with Crippen molar-refractivity contribution in [2.45, 2.75) is 20.0 Å². The molecule has 0 saturated carbocycles. The average molecular weight is 285 g/mol. The molecule has 4 nitrogen and oxygen atoms in total. The molecule has 0 heterocycles. The fourth-order valence-electron chi connectivity index (χ4n) is 1.91. The zero-order chi connectivity index (χ0) is 15.2. The Kier molecular flexibility index (Phi) is 4.95. The van der Waals surface area contributed by atoms with Gasteiger partial charge in [0.15, 0.2) is 6.61 Å². The van der Waals surface area contributed by atoms with Gasteiger partial charge in [-0.15, -0.1) is 0 Å². The summed E-state index contributed by atoms with van der Waals surface area (Å²) in [4.78, 5) is 11.9. The molecule has 1 atom stereocenters. The first-order chi connectivity index (χ1) is 10.1. The lowest BCUT2D eigenvalue weighted by atomic mass is 10.1. The molecule has 0 aliphatic heterocycles. The number of aliphatic hydroxyl groups excluding tert-OH is 1. The van der Waals surface area contributed by atoms with Crippen molar-refractivity contribution in [2.24, 2.45) is 0 Å². The predicted molar refractivity (Wildman–Crippen MR) is 82.4 cm³/mol. The SMILES string of the molecule is Cc1ccccc1NC(=O)COc1cccc(C(C)O)c1. The molecule has 0 bridgehead atoms. The Balaban J connectivity index is 1.92. The number of rotatable bonds is 5. The van der Waals surface area contributed by atoms with Crippen molar-refractivity contribution >= 4 is 11.6 Å². The number of nitrogens with one attached hydrogen (secondary N) is 1. The maximum absolute atomic E-state index is 11.9. The highest BCUT2D eigenvalue weighted by atomic mass is 16.5. The molecule has 21 heavy (non-hydrogen) atoms. The van der Waals surface area contributed by atoms with E-state index in [4.69, 9.17) is 4.74 Å². The number of hydrogen-bond donors (Lipinski definition) is 2. The molecule has 0 aromatic heterocycles. The normalized spacial score (nSPS) is 11.8. The maximum Gasteiger partial charge on any atom is 0.262 e. The van der Waals surface area contributed by atoms with Gasteiger partial charge >= 0.3 is 0 Å². The third kappa shape index (κ3) is 4.33. The Morgan fingerprint density at radius 1 is 1.24 bits per heavy atom. The highest BCUT2D eigenvalue weighted by molar-refractivity contribution is 5.92. The molecule has 4 heteroatoms. The van der Waals surface area contributed by atoms with Gasteiger partial charge in [0.25, 0.3) is 5.91 Å². The van der Waals surface area contributed by atoms with Gasteiger partial charge in [-0.05, 0) is 43.2 Å². The van der Waals surface area contributed by atoms with E-state index >= 15 is 0 Å². The molecule has 2 aromatic carbocycles. The number of ether oxygens (including phenoxy) is 1. The second-order valence-corrected chi connectivity index (χ2v) is 4.90. The Hall–Kier alpha value is -2.33. The van der Waals surface area contributed by atoms with Crippen molar-refractivity contribution in [1.29, 1.82) is 0 Å². The number of carbonyl (C=O) groups excluding carboxylic acids is 1. The summed E-state index contributed by atoms with van der Waals surface area (Å²) in [5.74, 6) is 0.347. The van der Waals surface area contributed by atoms with Crippen LogP contribution in [0.2, 0.25) is 0 Å². The van der Waals surface area contributed by atoms with Crippen LogP contribution in [0.3, 0.4) is 0 Å². The summed E-state index contributed by atoms with van der Waals surface area (Å²) in [6.45, 7) is 3.55. The van der Waals surface area contributed by atoms with E-state index in [1.165, 1.54) is 0 Å². The molecule has 0 saturated heterocycles. The van der Waals surface area contributed by atoms with Crippen LogP contribution in [0.5, 0.6) is 5.75 Å². The van der Waals surface area contributed by atoms with Crippen molar-refractivity contribution in [3.05, 3.63) is 59.7 Å². The van der Waals surface area contributed by atoms with E-state index in [1.54, 1.807) is 25.1 Å². The average Bonchev–Trinajstić information content (AvgIpc) is 2.48. The lowest BCUT2D eigenvalue weighted by Gasteiger charge is -2.11. The summed E-state index contributed by atoms with van der Waals surface area (Å²) in [5.41, 5.74) is 2.54. The number of amides is 1. The summed E-state index contributed by atoms with van der Waals surface area (Å²) in [6.07, 6.45) is -0.561. The van der Waals surface area contributed by atoms with Crippen LogP contribution in [0.1, 0.15) is 24.2 Å². The molecule has 2 aromatic rings. The zero-order valence-electron chi connectivity index (χ0n) is 12.2. The van der Waals surface area contributed by atoms with E-state index in [-0.39, 0.29) is 12.5 Å². The standard InChI is InChI=1S/C17H19NO3/c1-12-6-3-4-9-16(12)18-17(20)11-21-15-8-5-7-14(10-15)13(2)19/h3-10,13,19H,11H2,1-2H3,(H,18,20). The molecule has 0 fully saturated rings. The number of aryl methyl sites for hydroxylation is 1. The quantitative estimate of drug-likeness (QED) is 0.887. The number of hydrogen-bond acceptors (Lipinski definition) is 3. The van der Waals surface area contributed by atoms with E-state index in [0.29, 0.717) is 5.75 Å². The second-order valence-electron chi connectivity index (χ2n) is 4.90. The monoisotopic (exact) mass is 285 g/mol. The Morgan fingerprint density at radius 2 is 2.00 bits per heavy atom. The summed E-state index contributed by atoms with van der Waals surface area (Å²) in [7, 11) is 0. The van der Waals surface area contributed by atoms with Crippen LogP contribution in [-0.4, -0.2) is 17.6 Å². The third-order valence-corrected chi connectivity index (χ3v) is 3.13. The third-order valence-electron chi connectivity index (χ3n) is 3.13. The van der Waals surface area contributed by atoms with Gasteiger partial charge in [-0.3, -0.25) is 4.79 Å². The van der Waals surface area contributed by atoms with Crippen LogP contribution < -0.4 is 10.1 Å². The van der Waals surface area contributed by atoms with E-state index in [0.717, 1.165) is 16.8 Å². The minimum Gasteiger partial charge on any atom is -0.484 e. The fraction of sp³-hybridized carbons (Fsp3) is 0.235. The number of carbonyl (C=O) groups is 1. The molecule has 0 radical (unpaired) electrons. The van der Waals surface area contributed by atoms with Crippen molar-refractivity contribution in [3.63, 3.8) is 0 Å². The Morgan fingerprint density at radius 3 is 2.71 bits per heavy atom. The first kappa shape index (κ1) is 15.1. The highest BCUT2D eigenvalue weighted by Crippen LogP contribution is 2.19. The summed E-state index contributed by atoms with van der Waals surface area (Å²) >= 11 is 0. The highest BCUT2D eigenvalue weighted by Gasteiger charge is 2.07. The van der Waals surface area contributed by atoms with Gasteiger partial charge < -0.3 is 15.2 Å². The van der Waals surface area contributed by atoms with Crippen LogP contribution in [0.25, 0.3) is 0 Å². The predicted octanol–water partition coefficient (Wildman–Crippen LogP) is 3.07. The molecule has 0 spiro atoms. The summed E-state index contributed by atoms with van der Waals surface area (Å²) in [6, 6.07) is 14.7. The van der Waals surface area contributed by atoms with E-state index in [1.807, 2.05) is 37.3 Å². The van der Waals surface area contributed by atoms with Crippen LogP contribution in [0, 0.1) is 6.92 Å². The van der Waals surface area contributed by atoms with Gasteiger partial charge in [0, 0.05) is 5.69 Å². The molecule has 2 rings (SSSR count). The van der Waals surface area contributed by atoms with E-state index in [2.05, 4.69) is 5.32 Å². The van der Waals surface area contributed by atoms with Crippen molar-refractivity contribution in [2.75, 3.05) is 11.9 Å². The van der Waals surface area contributed by atoms with Crippen LogP contribution in [-0.2, 0) is 4.79 Å². The smallest absolute Gasteiger partial charge is 0.262 e. The van der Waals surface area contributed by atoms with Crippen LogP contribution >= 0.6 is 0 Å².